The zero-order valence-corrected chi connectivity index (χ0v) is 19.6. The number of benzene rings is 1. The summed E-state index contributed by atoms with van der Waals surface area (Å²) in [5.41, 5.74) is 2.64. The number of methoxy groups -OCH3 is 2. The molecule has 0 unspecified atom stereocenters. The van der Waals surface area contributed by atoms with Gasteiger partial charge in [0.2, 0.25) is 5.13 Å². The Bertz CT molecular complexity index is 1350. The number of amides is 2. The highest BCUT2D eigenvalue weighted by Gasteiger charge is 2.11. The van der Waals surface area contributed by atoms with Gasteiger partial charge < -0.3 is 14.8 Å². The molecular weight excluding hydrogens is 464 g/mol. The molecule has 12 heteroatoms. The number of thioether (sulfide) groups is 1. The van der Waals surface area contributed by atoms with Crippen LogP contribution in [0.3, 0.4) is 0 Å². The number of rotatable bonds is 7. The number of aryl methyl sites for hydroxylation is 1. The molecule has 170 valence electrons. The van der Waals surface area contributed by atoms with Gasteiger partial charge >= 0.3 is 6.03 Å². The van der Waals surface area contributed by atoms with E-state index in [0.717, 1.165) is 5.56 Å². The second kappa shape index (κ2) is 9.88. The Kier molecular flexibility index (Phi) is 6.75. The molecule has 0 saturated heterocycles. The average Bonchev–Trinajstić information content (AvgIpc) is 3.24. The lowest BCUT2D eigenvalue weighted by Gasteiger charge is -2.09. The minimum atomic E-state index is -0.474. The minimum absolute atomic E-state index is 0.138. The molecule has 0 aliphatic carbocycles. The smallest absolute Gasteiger partial charge is 0.325 e. The van der Waals surface area contributed by atoms with E-state index in [1.807, 2.05) is 19.1 Å². The topological polar surface area (TPSA) is 120 Å². The summed E-state index contributed by atoms with van der Waals surface area (Å²) >= 11 is 2.61. The normalized spacial score (nSPS) is 10.8. The van der Waals surface area contributed by atoms with Crippen molar-refractivity contribution in [3.8, 4) is 11.5 Å². The fraction of sp³-hybridized carbons (Fsp3) is 0.190. The SMILES string of the molecule is COc1cc(NC(=O)Nc2nnc(SCc3cc(=O)n4ccc(C)cc4n3)s2)cc(OC)c1. The van der Waals surface area contributed by atoms with E-state index in [1.54, 1.807) is 24.4 Å². The van der Waals surface area contributed by atoms with Crippen LogP contribution in [0.4, 0.5) is 15.6 Å². The number of fused-ring (bicyclic) bond motifs is 1. The van der Waals surface area contributed by atoms with Gasteiger partial charge in [0.05, 0.1) is 19.9 Å². The summed E-state index contributed by atoms with van der Waals surface area (Å²) in [6, 6.07) is 9.80. The van der Waals surface area contributed by atoms with Crippen LogP contribution in [-0.2, 0) is 5.75 Å². The van der Waals surface area contributed by atoms with Gasteiger partial charge in [-0.2, -0.15) is 0 Å². The van der Waals surface area contributed by atoms with Crippen molar-refractivity contribution in [2.75, 3.05) is 24.9 Å². The Morgan fingerprint density at radius 2 is 1.85 bits per heavy atom. The average molecular weight is 485 g/mol. The lowest BCUT2D eigenvalue weighted by atomic mass is 10.3. The van der Waals surface area contributed by atoms with Crippen molar-refractivity contribution in [1.82, 2.24) is 19.6 Å². The third-order valence-electron chi connectivity index (χ3n) is 4.46. The van der Waals surface area contributed by atoms with E-state index in [9.17, 15) is 9.59 Å². The molecule has 0 atom stereocenters. The van der Waals surface area contributed by atoms with Crippen LogP contribution in [0.15, 0.2) is 51.7 Å². The van der Waals surface area contributed by atoms with Crippen LogP contribution in [0, 0.1) is 6.92 Å². The number of nitrogens with one attached hydrogen (secondary N) is 2. The molecule has 0 aliphatic rings. The highest BCUT2D eigenvalue weighted by atomic mass is 32.2. The van der Waals surface area contributed by atoms with Gasteiger partial charge in [0.1, 0.15) is 17.1 Å². The number of ether oxygens (including phenoxy) is 2. The van der Waals surface area contributed by atoms with Crippen LogP contribution in [0.5, 0.6) is 11.5 Å². The molecule has 0 saturated carbocycles. The Hall–Kier alpha value is -3.64. The van der Waals surface area contributed by atoms with E-state index in [-0.39, 0.29) is 5.56 Å². The molecule has 4 aromatic rings. The monoisotopic (exact) mass is 484 g/mol. The molecule has 3 heterocycles. The van der Waals surface area contributed by atoms with Gasteiger partial charge in [0, 0.05) is 41.9 Å². The first-order chi connectivity index (χ1) is 15.9. The number of hydrogen-bond acceptors (Lipinski definition) is 9. The molecule has 10 nitrogen and oxygen atoms in total. The van der Waals surface area contributed by atoms with Crippen LogP contribution in [0.1, 0.15) is 11.3 Å². The molecule has 0 radical (unpaired) electrons. The second-order valence-corrected chi connectivity index (χ2v) is 9.06. The molecule has 0 aliphatic heterocycles. The van der Waals surface area contributed by atoms with E-state index in [4.69, 9.17) is 9.47 Å². The zero-order valence-electron chi connectivity index (χ0n) is 18.0. The molecule has 0 fully saturated rings. The molecule has 0 spiro atoms. The summed E-state index contributed by atoms with van der Waals surface area (Å²) in [7, 11) is 3.06. The summed E-state index contributed by atoms with van der Waals surface area (Å²) in [6.07, 6.45) is 1.71. The maximum atomic E-state index is 12.3. The van der Waals surface area contributed by atoms with Crippen LogP contribution in [0.2, 0.25) is 0 Å². The van der Waals surface area contributed by atoms with Crippen molar-refractivity contribution >= 4 is 45.6 Å². The number of aromatic nitrogens is 4. The van der Waals surface area contributed by atoms with Crippen molar-refractivity contribution in [3.05, 3.63) is 64.2 Å². The lowest BCUT2D eigenvalue weighted by molar-refractivity contribution is 0.262. The van der Waals surface area contributed by atoms with E-state index < -0.39 is 6.03 Å². The molecule has 3 aromatic heterocycles. The van der Waals surface area contributed by atoms with E-state index >= 15 is 0 Å². The quantitative estimate of drug-likeness (QED) is 0.300. The fourth-order valence-corrected chi connectivity index (χ4v) is 4.56. The van der Waals surface area contributed by atoms with Crippen LogP contribution in [-0.4, -0.2) is 39.8 Å². The molecule has 2 N–H and O–H groups in total. The summed E-state index contributed by atoms with van der Waals surface area (Å²) < 4.78 is 12.5. The number of carbonyl (C=O) groups is 1. The van der Waals surface area contributed by atoms with Crippen LogP contribution >= 0.6 is 23.1 Å². The molecule has 2 amide bonds. The first kappa shape index (κ1) is 22.6. The molecule has 4 rings (SSSR count). The van der Waals surface area contributed by atoms with Crippen molar-refractivity contribution in [2.24, 2.45) is 0 Å². The van der Waals surface area contributed by atoms with Crippen molar-refractivity contribution in [1.29, 1.82) is 0 Å². The number of anilines is 2. The lowest BCUT2D eigenvalue weighted by Crippen LogP contribution is -2.19. The summed E-state index contributed by atoms with van der Waals surface area (Å²) in [6.45, 7) is 1.95. The molecule has 0 bridgehead atoms. The van der Waals surface area contributed by atoms with Crippen LogP contribution < -0.4 is 25.7 Å². The number of nitrogens with zero attached hydrogens (tertiary/aromatic N) is 4. The first-order valence-electron chi connectivity index (χ1n) is 9.70. The maximum absolute atomic E-state index is 12.3. The Labute approximate surface area is 197 Å². The Morgan fingerprint density at radius 3 is 2.58 bits per heavy atom. The highest BCUT2D eigenvalue weighted by molar-refractivity contribution is 8.00. The van der Waals surface area contributed by atoms with Gasteiger partial charge in [0.25, 0.3) is 5.56 Å². The van der Waals surface area contributed by atoms with Gasteiger partial charge in [0.15, 0.2) is 4.34 Å². The van der Waals surface area contributed by atoms with Gasteiger partial charge in [-0.25, -0.2) is 9.78 Å². The van der Waals surface area contributed by atoms with E-state index in [0.29, 0.717) is 43.8 Å². The summed E-state index contributed by atoms with van der Waals surface area (Å²) in [4.78, 5) is 29.2. The largest absolute Gasteiger partial charge is 0.497 e. The molecule has 1 aromatic carbocycles. The van der Waals surface area contributed by atoms with Crippen LogP contribution in [0.25, 0.3) is 5.65 Å². The summed E-state index contributed by atoms with van der Waals surface area (Å²) in [5, 5.41) is 13.8. The van der Waals surface area contributed by atoms with Crippen molar-refractivity contribution < 1.29 is 14.3 Å². The van der Waals surface area contributed by atoms with Gasteiger partial charge in [-0.05, 0) is 24.6 Å². The second-order valence-electron chi connectivity index (χ2n) is 6.86. The number of pyridine rings is 1. The Morgan fingerprint density at radius 1 is 1.09 bits per heavy atom. The third kappa shape index (κ3) is 5.59. The predicted molar refractivity (Wildman–Crippen MR) is 128 cm³/mol. The van der Waals surface area contributed by atoms with Gasteiger partial charge in [-0.15, -0.1) is 10.2 Å². The highest BCUT2D eigenvalue weighted by Crippen LogP contribution is 2.29. The predicted octanol–water partition coefficient (Wildman–Crippen LogP) is 3.81. The minimum Gasteiger partial charge on any atom is -0.497 e. The third-order valence-corrected chi connectivity index (χ3v) is 6.46. The van der Waals surface area contributed by atoms with Crippen molar-refractivity contribution in [2.45, 2.75) is 17.0 Å². The van der Waals surface area contributed by atoms with E-state index in [2.05, 4.69) is 25.8 Å². The molecule has 33 heavy (non-hydrogen) atoms. The number of carbonyl (C=O) groups excluding carboxylic acids is 1. The number of urea groups is 1. The van der Waals surface area contributed by atoms with Gasteiger partial charge in [-0.3, -0.25) is 14.5 Å². The first-order valence-corrected chi connectivity index (χ1v) is 11.5. The molecular formula is C21H20N6O4S2. The Balaban J connectivity index is 1.38. The fourth-order valence-electron chi connectivity index (χ4n) is 2.92. The zero-order chi connectivity index (χ0) is 23.4. The van der Waals surface area contributed by atoms with Crippen molar-refractivity contribution in [3.63, 3.8) is 0 Å². The maximum Gasteiger partial charge on any atom is 0.325 e. The number of hydrogen-bond donors (Lipinski definition) is 2. The standard InChI is InChI=1S/C21H20N6O4S2/c1-12-4-5-27-17(6-12)22-14(9-18(27)28)11-32-21-26-25-20(33-21)24-19(29)23-13-7-15(30-2)10-16(8-13)31-3/h4-10H,11H2,1-3H3,(H2,23,24,25,29). The van der Waals surface area contributed by atoms with E-state index in [1.165, 1.54) is 47.8 Å². The summed E-state index contributed by atoms with van der Waals surface area (Å²) in [5.74, 6) is 1.55. The van der Waals surface area contributed by atoms with Gasteiger partial charge in [-0.1, -0.05) is 23.1 Å².